The minimum atomic E-state index is -0.0950. The zero-order valence-electron chi connectivity index (χ0n) is 12.3. The van der Waals surface area contributed by atoms with Gasteiger partial charge >= 0.3 is 0 Å². The standard InChI is InChI=1S/C15H18BrN3OS/c1-15(2,3)12-8-21-14(17-12)18-13(20)11-6-9(16)7-19(11)10-4-5-10/h6-8,10H,4-5H2,1-3H3,(H,17,18,20). The smallest absolute Gasteiger partial charge is 0.274 e. The average molecular weight is 368 g/mol. The van der Waals surface area contributed by atoms with Crippen molar-refractivity contribution in [3.63, 3.8) is 0 Å². The van der Waals surface area contributed by atoms with Crippen LogP contribution in [-0.4, -0.2) is 15.5 Å². The highest BCUT2D eigenvalue weighted by Gasteiger charge is 2.28. The largest absolute Gasteiger partial charge is 0.339 e. The molecule has 1 N–H and O–H groups in total. The predicted molar refractivity (Wildman–Crippen MR) is 89.2 cm³/mol. The quantitative estimate of drug-likeness (QED) is 0.861. The molecule has 1 amide bonds. The van der Waals surface area contributed by atoms with Gasteiger partial charge in [-0.15, -0.1) is 11.3 Å². The molecule has 1 fully saturated rings. The van der Waals surface area contributed by atoms with Gasteiger partial charge in [0, 0.05) is 27.5 Å². The molecule has 112 valence electrons. The first-order valence-corrected chi connectivity index (χ1v) is 8.66. The highest BCUT2D eigenvalue weighted by molar-refractivity contribution is 9.10. The van der Waals surface area contributed by atoms with E-state index in [0.29, 0.717) is 16.9 Å². The van der Waals surface area contributed by atoms with Crippen molar-refractivity contribution in [2.45, 2.75) is 45.1 Å². The summed E-state index contributed by atoms with van der Waals surface area (Å²) in [5.41, 5.74) is 1.69. The van der Waals surface area contributed by atoms with Gasteiger partial charge in [0.2, 0.25) is 0 Å². The molecule has 0 bridgehead atoms. The minimum absolute atomic E-state index is 0.00324. The molecule has 0 unspecified atom stereocenters. The van der Waals surface area contributed by atoms with Gasteiger partial charge in [-0.25, -0.2) is 4.98 Å². The fraction of sp³-hybridized carbons (Fsp3) is 0.467. The average Bonchev–Trinajstić information content (AvgIpc) is 2.98. The van der Waals surface area contributed by atoms with Gasteiger partial charge in [-0.1, -0.05) is 20.8 Å². The number of aromatic nitrogens is 2. The van der Waals surface area contributed by atoms with E-state index in [4.69, 9.17) is 0 Å². The Labute approximate surface area is 136 Å². The highest BCUT2D eigenvalue weighted by Crippen LogP contribution is 2.37. The predicted octanol–water partition coefficient (Wildman–Crippen LogP) is 4.59. The van der Waals surface area contributed by atoms with Crippen LogP contribution in [0.5, 0.6) is 0 Å². The van der Waals surface area contributed by atoms with Gasteiger partial charge < -0.3 is 4.57 Å². The van der Waals surface area contributed by atoms with Gasteiger partial charge in [-0.3, -0.25) is 10.1 Å². The number of carbonyl (C=O) groups excluding carboxylic acids is 1. The van der Waals surface area contributed by atoms with Crippen LogP contribution in [0.3, 0.4) is 0 Å². The molecule has 2 aromatic heterocycles. The van der Waals surface area contributed by atoms with E-state index >= 15 is 0 Å². The Morgan fingerprint density at radius 2 is 2.19 bits per heavy atom. The lowest BCUT2D eigenvalue weighted by Gasteiger charge is -2.14. The Morgan fingerprint density at radius 3 is 2.76 bits per heavy atom. The molecule has 0 radical (unpaired) electrons. The maximum absolute atomic E-state index is 12.5. The summed E-state index contributed by atoms with van der Waals surface area (Å²) in [7, 11) is 0. The van der Waals surface area contributed by atoms with E-state index in [2.05, 4.69) is 51.6 Å². The number of rotatable bonds is 3. The van der Waals surface area contributed by atoms with E-state index < -0.39 is 0 Å². The number of nitrogens with zero attached hydrogens (tertiary/aromatic N) is 2. The van der Waals surface area contributed by atoms with Crippen molar-refractivity contribution >= 4 is 38.3 Å². The van der Waals surface area contributed by atoms with Crippen LogP contribution in [0, 0.1) is 0 Å². The van der Waals surface area contributed by atoms with Gasteiger partial charge in [-0.05, 0) is 34.8 Å². The third-order valence-corrected chi connectivity index (χ3v) is 4.67. The van der Waals surface area contributed by atoms with Crippen LogP contribution in [-0.2, 0) is 5.41 Å². The first-order valence-electron chi connectivity index (χ1n) is 6.99. The minimum Gasteiger partial charge on any atom is -0.339 e. The first kappa shape index (κ1) is 14.8. The molecule has 3 rings (SSSR count). The lowest BCUT2D eigenvalue weighted by Crippen LogP contribution is -2.17. The van der Waals surface area contributed by atoms with Gasteiger partial charge in [-0.2, -0.15) is 0 Å². The Bertz CT molecular complexity index is 679. The van der Waals surface area contributed by atoms with E-state index in [0.717, 1.165) is 23.0 Å². The fourth-order valence-corrected chi connectivity index (χ4v) is 3.49. The lowest BCUT2D eigenvalue weighted by molar-refractivity contribution is 0.101. The molecule has 21 heavy (non-hydrogen) atoms. The molecule has 0 saturated heterocycles. The monoisotopic (exact) mass is 367 g/mol. The number of anilines is 1. The normalized spacial score (nSPS) is 15.2. The number of hydrogen-bond donors (Lipinski definition) is 1. The molecule has 0 aromatic carbocycles. The van der Waals surface area contributed by atoms with Crippen LogP contribution in [0.15, 0.2) is 22.1 Å². The van der Waals surface area contributed by atoms with E-state index in [1.54, 1.807) is 0 Å². The highest BCUT2D eigenvalue weighted by atomic mass is 79.9. The number of halogens is 1. The van der Waals surface area contributed by atoms with Gasteiger partial charge in [0.15, 0.2) is 5.13 Å². The molecular formula is C15H18BrN3OS. The molecule has 1 aliphatic carbocycles. The lowest BCUT2D eigenvalue weighted by atomic mass is 9.93. The summed E-state index contributed by atoms with van der Waals surface area (Å²) in [5.74, 6) is -0.0950. The van der Waals surface area contributed by atoms with Crippen molar-refractivity contribution in [1.82, 2.24) is 9.55 Å². The van der Waals surface area contributed by atoms with E-state index in [9.17, 15) is 4.79 Å². The Morgan fingerprint density at radius 1 is 1.48 bits per heavy atom. The van der Waals surface area contributed by atoms with Crippen molar-refractivity contribution in [3.8, 4) is 0 Å². The van der Waals surface area contributed by atoms with Gasteiger partial charge in [0.05, 0.1) is 5.69 Å². The second kappa shape index (κ2) is 5.25. The van der Waals surface area contributed by atoms with E-state index in [-0.39, 0.29) is 11.3 Å². The maximum atomic E-state index is 12.5. The number of thiazole rings is 1. The van der Waals surface area contributed by atoms with Crippen molar-refractivity contribution in [2.75, 3.05) is 5.32 Å². The first-order chi connectivity index (χ1) is 9.84. The SMILES string of the molecule is CC(C)(C)c1csc(NC(=O)c2cc(Br)cn2C2CC2)n1. The molecular weight excluding hydrogens is 350 g/mol. The van der Waals surface area contributed by atoms with Crippen LogP contribution in [0.2, 0.25) is 0 Å². The van der Waals surface area contributed by atoms with Crippen molar-refractivity contribution in [2.24, 2.45) is 0 Å². The Hall–Kier alpha value is -1.14. The third-order valence-electron chi connectivity index (χ3n) is 3.48. The summed E-state index contributed by atoms with van der Waals surface area (Å²) >= 11 is 4.92. The second-order valence-corrected chi connectivity index (χ2v) is 8.20. The van der Waals surface area contributed by atoms with Gasteiger partial charge in [0.25, 0.3) is 5.91 Å². The summed E-state index contributed by atoms with van der Waals surface area (Å²) in [6.07, 6.45) is 4.27. The molecule has 0 spiro atoms. The zero-order valence-corrected chi connectivity index (χ0v) is 14.7. The number of carbonyl (C=O) groups is 1. The van der Waals surface area contributed by atoms with E-state index in [1.165, 1.54) is 11.3 Å². The van der Waals surface area contributed by atoms with Crippen molar-refractivity contribution < 1.29 is 4.79 Å². The van der Waals surface area contributed by atoms with Gasteiger partial charge in [0.1, 0.15) is 5.69 Å². The maximum Gasteiger partial charge on any atom is 0.274 e. The number of nitrogens with one attached hydrogen (secondary N) is 1. The Kier molecular flexibility index (Phi) is 3.69. The molecule has 6 heteroatoms. The van der Waals surface area contributed by atoms with Crippen molar-refractivity contribution in [3.05, 3.63) is 33.5 Å². The fourth-order valence-electron chi connectivity index (χ4n) is 2.12. The summed E-state index contributed by atoms with van der Waals surface area (Å²) in [5, 5.41) is 5.58. The molecule has 2 aromatic rings. The molecule has 0 aliphatic heterocycles. The number of hydrogen-bond acceptors (Lipinski definition) is 3. The van der Waals surface area contributed by atoms with Crippen LogP contribution in [0.25, 0.3) is 0 Å². The zero-order chi connectivity index (χ0) is 15.2. The molecule has 1 saturated carbocycles. The van der Waals surface area contributed by atoms with E-state index in [1.807, 2.05) is 17.6 Å². The summed E-state index contributed by atoms with van der Waals surface area (Å²) in [4.78, 5) is 17.0. The topological polar surface area (TPSA) is 46.9 Å². The molecule has 4 nitrogen and oxygen atoms in total. The van der Waals surface area contributed by atoms with Crippen LogP contribution in [0.4, 0.5) is 5.13 Å². The number of amides is 1. The Balaban J connectivity index is 1.79. The van der Waals surface area contributed by atoms with Crippen molar-refractivity contribution in [1.29, 1.82) is 0 Å². The summed E-state index contributed by atoms with van der Waals surface area (Å²) in [6.45, 7) is 6.34. The van der Waals surface area contributed by atoms with Crippen LogP contribution < -0.4 is 5.32 Å². The summed E-state index contributed by atoms with van der Waals surface area (Å²) < 4.78 is 2.99. The molecule has 0 atom stereocenters. The second-order valence-electron chi connectivity index (χ2n) is 6.42. The molecule has 1 aliphatic rings. The summed E-state index contributed by atoms with van der Waals surface area (Å²) in [6, 6.07) is 2.34. The van der Waals surface area contributed by atoms with Crippen LogP contribution in [0.1, 0.15) is 55.8 Å². The van der Waals surface area contributed by atoms with Crippen LogP contribution >= 0.6 is 27.3 Å². The third kappa shape index (κ3) is 3.21. The molecule has 2 heterocycles.